The zero-order valence-electron chi connectivity index (χ0n) is 4.94. The summed E-state index contributed by atoms with van der Waals surface area (Å²) in [6.07, 6.45) is 6.65. The van der Waals surface area contributed by atoms with Crippen molar-refractivity contribution in [2.75, 3.05) is 0 Å². The van der Waals surface area contributed by atoms with Gasteiger partial charge in [-0.15, -0.1) is 0 Å². The van der Waals surface area contributed by atoms with E-state index in [-0.39, 0.29) is 0 Å². The predicted octanol–water partition coefficient (Wildman–Crippen LogP) is 1.13. The van der Waals surface area contributed by atoms with Crippen molar-refractivity contribution in [3.05, 3.63) is 25.2 Å². The topological polar surface area (TPSA) is 52.1 Å². The molecule has 0 amide bonds. The summed E-state index contributed by atoms with van der Waals surface area (Å²) < 4.78 is 9.54. The van der Waals surface area contributed by atoms with Gasteiger partial charge in [-0.2, -0.15) is 0 Å². The normalized spacial score (nSPS) is 10.0. The SMILES string of the molecule is [c]1nc(-c2cnco2)co1. The van der Waals surface area contributed by atoms with Gasteiger partial charge in [0.15, 0.2) is 12.2 Å². The minimum absolute atomic E-state index is 0.588. The Hall–Kier alpha value is -1.58. The molecule has 0 fully saturated rings. The van der Waals surface area contributed by atoms with E-state index in [1.807, 2.05) is 0 Å². The molecular formula is C6H3N2O2. The van der Waals surface area contributed by atoms with E-state index in [2.05, 4.69) is 20.8 Å². The minimum Gasteiger partial charge on any atom is -0.442 e. The van der Waals surface area contributed by atoms with Gasteiger partial charge in [0.05, 0.1) is 6.20 Å². The Bertz CT molecular complexity index is 253. The summed E-state index contributed by atoms with van der Waals surface area (Å²) in [6, 6.07) is 0. The molecule has 4 nitrogen and oxygen atoms in total. The molecule has 0 N–H and O–H groups in total. The third-order valence-corrected chi connectivity index (χ3v) is 1.07. The van der Waals surface area contributed by atoms with Crippen molar-refractivity contribution in [1.82, 2.24) is 9.97 Å². The predicted molar refractivity (Wildman–Crippen MR) is 30.8 cm³/mol. The first kappa shape index (κ1) is 5.22. The van der Waals surface area contributed by atoms with Gasteiger partial charge in [0.2, 0.25) is 0 Å². The minimum atomic E-state index is 0.588. The highest BCUT2D eigenvalue weighted by Crippen LogP contribution is 2.14. The standard InChI is InChI=1S/C6H3N2O2/c1-6(10-3-7-1)5-2-9-4-8-5/h1-3H. The molecule has 0 aliphatic heterocycles. The molecule has 0 saturated carbocycles. The second kappa shape index (κ2) is 1.98. The van der Waals surface area contributed by atoms with Crippen LogP contribution in [-0.4, -0.2) is 9.97 Å². The van der Waals surface area contributed by atoms with Crippen LogP contribution in [-0.2, 0) is 0 Å². The lowest BCUT2D eigenvalue weighted by atomic mass is 10.4. The van der Waals surface area contributed by atoms with Gasteiger partial charge in [0, 0.05) is 0 Å². The molecule has 2 aromatic rings. The Morgan fingerprint density at radius 2 is 2.50 bits per heavy atom. The maximum absolute atomic E-state index is 4.92. The highest BCUT2D eigenvalue weighted by molar-refractivity contribution is 5.47. The Morgan fingerprint density at radius 3 is 3.10 bits per heavy atom. The fraction of sp³-hybridized carbons (Fsp3) is 0. The van der Waals surface area contributed by atoms with Gasteiger partial charge >= 0.3 is 0 Å². The Labute approximate surface area is 56.5 Å². The molecule has 0 aliphatic carbocycles. The van der Waals surface area contributed by atoms with Crippen LogP contribution in [0, 0.1) is 6.39 Å². The summed E-state index contributed by atoms with van der Waals surface area (Å²) in [5.41, 5.74) is 0.609. The fourth-order valence-corrected chi connectivity index (χ4v) is 0.639. The van der Waals surface area contributed by atoms with E-state index in [9.17, 15) is 0 Å². The van der Waals surface area contributed by atoms with E-state index in [0.717, 1.165) is 0 Å². The molecule has 2 heterocycles. The second-order valence-corrected chi connectivity index (χ2v) is 1.69. The Balaban J connectivity index is 2.48. The zero-order valence-corrected chi connectivity index (χ0v) is 4.94. The van der Waals surface area contributed by atoms with Crippen molar-refractivity contribution in [1.29, 1.82) is 0 Å². The van der Waals surface area contributed by atoms with Crippen LogP contribution in [0.15, 0.2) is 27.7 Å². The first-order valence-corrected chi connectivity index (χ1v) is 2.67. The summed E-state index contributed by atoms with van der Waals surface area (Å²) in [5.74, 6) is 0.588. The smallest absolute Gasteiger partial charge is 0.284 e. The number of hydrogen-bond donors (Lipinski definition) is 0. The molecule has 1 radical (unpaired) electrons. The molecule has 0 unspecified atom stereocenters. The summed E-state index contributed by atoms with van der Waals surface area (Å²) >= 11 is 0. The van der Waals surface area contributed by atoms with E-state index in [1.165, 1.54) is 12.7 Å². The summed E-state index contributed by atoms with van der Waals surface area (Å²) in [6.45, 7) is 0. The lowest BCUT2D eigenvalue weighted by molar-refractivity contribution is 0.545. The Kier molecular flexibility index (Phi) is 1.04. The van der Waals surface area contributed by atoms with Gasteiger partial charge in [0.25, 0.3) is 6.39 Å². The van der Waals surface area contributed by atoms with Gasteiger partial charge < -0.3 is 8.83 Å². The summed E-state index contributed by atoms with van der Waals surface area (Å²) in [7, 11) is 0. The first-order valence-electron chi connectivity index (χ1n) is 2.67. The van der Waals surface area contributed by atoms with Crippen molar-refractivity contribution in [3.8, 4) is 11.5 Å². The van der Waals surface area contributed by atoms with E-state index in [1.54, 1.807) is 6.20 Å². The maximum Gasteiger partial charge on any atom is 0.284 e. The Morgan fingerprint density at radius 1 is 1.50 bits per heavy atom. The molecular weight excluding hydrogens is 132 g/mol. The average Bonchev–Trinajstić information content (AvgIpc) is 2.59. The lowest BCUT2D eigenvalue weighted by Crippen LogP contribution is -1.68. The van der Waals surface area contributed by atoms with E-state index in [4.69, 9.17) is 4.42 Å². The quantitative estimate of drug-likeness (QED) is 0.588. The number of hydrogen-bond acceptors (Lipinski definition) is 4. The van der Waals surface area contributed by atoms with E-state index >= 15 is 0 Å². The first-order chi connectivity index (χ1) is 4.97. The van der Waals surface area contributed by atoms with E-state index < -0.39 is 0 Å². The largest absolute Gasteiger partial charge is 0.442 e. The van der Waals surface area contributed by atoms with Crippen LogP contribution < -0.4 is 0 Å². The zero-order chi connectivity index (χ0) is 6.81. The van der Waals surface area contributed by atoms with Crippen molar-refractivity contribution in [2.24, 2.45) is 0 Å². The molecule has 4 heteroatoms. The molecule has 2 aromatic heterocycles. The second-order valence-electron chi connectivity index (χ2n) is 1.69. The number of rotatable bonds is 1. The number of nitrogens with zero attached hydrogens (tertiary/aromatic N) is 2. The van der Waals surface area contributed by atoms with Gasteiger partial charge in [-0.1, -0.05) is 0 Å². The van der Waals surface area contributed by atoms with Crippen LogP contribution in [0.2, 0.25) is 0 Å². The molecule has 0 saturated heterocycles. The van der Waals surface area contributed by atoms with Gasteiger partial charge in [-0.3, -0.25) is 0 Å². The molecule has 2 rings (SSSR count). The molecule has 0 aliphatic rings. The highest BCUT2D eigenvalue weighted by atomic mass is 16.3. The third kappa shape index (κ3) is 0.699. The molecule has 49 valence electrons. The van der Waals surface area contributed by atoms with Crippen molar-refractivity contribution in [2.45, 2.75) is 0 Å². The van der Waals surface area contributed by atoms with Crippen LogP contribution in [0.1, 0.15) is 0 Å². The van der Waals surface area contributed by atoms with Crippen LogP contribution in [0.5, 0.6) is 0 Å². The van der Waals surface area contributed by atoms with Crippen LogP contribution in [0.3, 0.4) is 0 Å². The lowest BCUT2D eigenvalue weighted by Gasteiger charge is -1.80. The van der Waals surface area contributed by atoms with Crippen molar-refractivity contribution < 1.29 is 8.83 Å². The molecule has 0 spiro atoms. The highest BCUT2D eigenvalue weighted by Gasteiger charge is 2.02. The maximum atomic E-state index is 4.92. The van der Waals surface area contributed by atoms with Crippen LogP contribution in [0.4, 0.5) is 0 Å². The van der Waals surface area contributed by atoms with Crippen molar-refractivity contribution >= 4 is 0 Å². The molecule has 0 bridgehead atoms. The van der Waals surface area contributed by atoms with Crippen molar-refractivity contribution in [3.63, 3.8) is 0 Å². The van der Waals surface area contributed by atoms with Gasteiger partial charge in [0.1, 0.15) is 12.0 Å². The van der Waals surface area contributed by atoms with Gasteiger partial charge in [-0.25, -0.2) is 9.97 Å². The molecule has 10 heavy (non-hydrogen) atoms. The monoisotopic (exact) mass is 135 g/mol. The number of oxazole rings is 2. The third-order valence-electron chi connectivity index (χ3n) is 1.07. The molecule has 0 aromatic carbocycles. The van der Waals surface area contributed by atoms with E-state index in [0.29, 0.717) is 11.5 Å². The number of aromatic nitrogens is 2. The fourth-order valence-electron chi connectivity index (χ4n) is 0.639. The summed E-state index contributed by atoms with van der Waals surface area (Å²) in [5, 5.41) is 0. The van der Waals surface area contributed by atoms with Crippen LogP contribution >= 0.6 is 0 Å². The van der Waals surface area contributed by atoms with Crippen LogP contribution in [0.25, 0.3) is 11.5 Å². The summed E-state index contributed by atoms with van der Waals surface area (Å²) in [4.78, 5) is 7.45. The average molecular weight is 135 g/mol. The van der Waals surface area contributed by atoms with Gasteiger partial charge in [-0.05, 0) is 0 Å². The molecule has 0 atom stereocenters.